The van der Waals surface area contributed by atoms with E-state index < -0.39 is 0 Å². The van der Waals surface area contributed by atoms with Crippen molar-refractivity contribution in [2.75, 3.05) is 6.54 Å². The number of hydrogen-bond acceptors (Lipinski definition) is 2. The zero-order valence-electron chi connectivity index (χ0n) is 4.29. The molecule has 0 aliphatic carbocycles. The summed E-state index contributed by atoms with van der Waals surface area (Å²) in [5.74, 6) is 0. The van der Waals surface area contributed by atoms with Gasteiger partial charge in [-0.15, -0.1) is 6.58 Å². The molecule has 0 amide bonds. The molecule has 0 saturated carbocycles. The van der Waals surface area contributed by atoms with Crippen molar-refractivity contribution in [3.63, 3.8) is 0 Å². The molecule has 0 heterocycles. The molecule has 0 spiro atoms. The Morgan fingerprint density at radius 3 is 2.71 bits per heavy atom. The maximum atomic E-state index is 9.97. The average molecular weight is 116 g/mol. The zero-order valence-corrected chi connectivity index (χ0v) is 6.29. The summed E-state index contributed by atoms with van der Waals surface area (Å²) in [4.78, 5) is 0. The third kappa shape index (κ3) is 5.36. The predicted octanol–water partition coefficient (Wildman–Crippen LogP) is -0.585. The van der Waals surface area contributed by atoms with E-state index in [0.29, 0.717) is 21.5 Å². The topological polar surface area (TPSA) is 38.4 Å². The summed E-state index contributed by atoms with van der Waals surface area (Å²) in [5, 5.41) is 13.4. The van der Waals surface area contributed by atoms with Crippen LogP contribution in [0.3, 0.4) is 0 Å². The highest BCUT2D eigenvalue weighted by Gasteiger charge is 1.71. The minimum Gasteiger partial charge on any atom is -0.622 e. The Balaban J connectivity index is 3.25. The second-order valence-corrected chi connectivity index (χ2v) is 1.84. The van der Waals surface area contributed by atoms with Crippen LogP contribution < -0.4 is 0 Å². The molecule has 0 fully saturated rings. The van der Waals surface area contributed by atoms with Gasteiger partial charge in [0, 0.05) is 0 Å². The lowest BCUT2D eigenvalue weighted by atomic mass is 10.7. The van der Waals surface area contributed by atoms with Gasteiger partial charge in [0.05, 0.1) is 0 Å². The van der Waals surface area contributed by atoms with Crippen LogP contribution in [0.25, 0.3) is 0 Å². The van der Waals surface area contributed by atoms with E-state index >= 15 is 0 Å². The zero-order chi connectivity index (χ0) is 5.70. The van der Waals surface area contributed by atoms with E-state index in [-0.39, 0.29) is 0 Å². The van der Waals surface area contributed by atoms with Gasteiger partial charge in [0.1, 0.15) is 6.54 Å². The van der Waals surface area contributed by atoms with Crippen molar-refractivity contribution in [1.29, 1.82) is 0 Å². The Labute approximate surface area is 45.4 Å². The summed E-state index contributed by atoms with van der Waals surface area (Å²) < 4.78 is 0.654. The highest BCUT2D eigenvalue weighted by Crippen LogP contribution is 1.68. The Morgan fingerprint density at radius 2 is 2.57 bits per heavy atom. The lowest BCUT2D eigenvalue weighted by molar-refractivity contribution is -0.374. The van der Waals surface area contributed by atoms with E-state index in [9.17, 15) is 5.21 Å². The third-order valence-corrected chi connectivity index (χ3v) is 0.693. The van der Waals surface area contributed by atoms with Crippen molar-refractivity contribution in [2.45, 2.75) is 0 Å². The molecule has 0 aliphatic rings. The number of nitrogens with zero attached hydrogens (tertiary/aromatic N) is 2. The number of rotatable bonds is 2. The summed E-state index contributed by atoms with van der Waals surface area (Å²) in [7, 11) is 0.447. The fourth-order valence-electron chi connectivity index (χ4n) is 0.173. The second-order valence-electron chi connectivity index (χ2n) is 1.08. The summed E-state index contributed by atoms with van der Waals surface area (Å²) >= 11 is 0. The molecule has 0 atom stereocenters. The Kier molecular flexibility index (Phi) is 3.22. The monoisotopic (exact) mass is 116 g/mol. The maximum absolute atomic E-state index is 9.97. The van der Waals surface area contributed by atoms with Crippen LogP contribution in [0, 0.1) is 5.21 Å². The fourth-order valence-corrected chi connectivity index (χ4v) is 0.336. The van der Waals surface area contributed by atoms with Gasteiger partial charge < -0.3 is 5.21 Å². The van der Waals surface area contributed by atoms with E-state index in [1.54, 1.807) is 6.08 Å². The molecule has 0 aromatic heterocycles. The van der Waals surface area contributed by atoms with Crippen LogP contribution in [0.1, 0.15) is 0 Å². The maximum Gasteiger partial charge on any atom is 0.354 e. The molecule has 0 unspecified atom stereocenters. The van der Waals surface area contributed by atoms with Crippen LogP contribution in [0.15, 0.2) is 17.8 Å². The van der Waals surface area contributed by atoms with Gasteiger partial charge in [0.25, 0.3) is 0 Å². The fraction of sp³-hybridized carbons (Fsp3) is 0.333. The lowest BCUT2D eigenvalue weighted by Crippen LogP contribution is -1.91. The first kappa shape index (κ1) is 6.36. The normalized spacial score (nSPS) is 11.7. The van der Waals surface area contributed by atoms with Gasteiger partial charge in [-0.2, -0.15) is 4.53 Å². The molecule has 40 valence electrons. The first-order valence-electron chi connectivity index (χ1n) is 1.96. The largest absolute Gasteiger partial charge is 0.622 e. The van der Waals surface area contributed by atoms with E-state index in [1.165, 1.54) is 0 Å². The summed E-state index contributed by atoms with van der Waals surface area (Å²) in [6, 6.07) is 0. The molecule has 7 heavy (non-hydrogen) atoms. The van der Waals surface area contributed by atoms with Crippen LogP contribution in [0.2, 0.25) is 0 Å². The third-order valence-electron chi connectivity index (χ3n) is 0.410. The molecule has 0 aromatic rings. The van der Waals surface area contributed by atoms with Crippen LogP contribution >= 0.6 is 0 Å². The standard InChI is InChI=1S/C3H8N2OSi/c1-2-3-4-5(6)7/h2H,1,3H2,7H3. The van der Waals surface area contributed by atoms with E-state index in [4.69, 9.17) is 0 Å². The van der Waals surface area contributed by atoms with Crippen LogP contribution in [0.4, 0.5) is 0 Å². The van der Waals surface area contributed by atoms with Gasteiger partial charge in [0.15, 0.2) is 0 Å². The highest BCUT2D eigenvalue weighted by atomic mass is 28.2. The molecule has 0 bridgehead atoms. The van der Waals surface area contributed by atoms with Crippen LogP contribution in [0.5, 0.6) is 0 Å². The first-order valence-corrected chi connectivity index (χ1v) is 2.86. The average Bonchev–Trinajstić information content (AvgIpc) is 1.61. The summed E-state index contributed by atoms with van der Waals surface area (Å²) in [6.07, 6.45) is 1.59. The van der Waals surface area contributed by atoms with Crippen LogP contribution in [-0.2, 0) is 0 Å². The second kappa shape index (κ2) is 3.54. The molecule has 0 radical (unpaired) electrons. The Morgan fingerprint density at radius 1 is 2.00 bits per heavy atom. The van der Waals surface area contributed by atoms with Gasteiger partial charge in [-0.25, -0.2) is 0 Å². The SMILES string of the molecule is C=CCN=[N+]([O-])[SiH3]. The molecule has 0 rings (SSSR count). The molecular weight excluding hydrogens is 108 g/mol. The van der Waals surface area contributed by atoms with Crippen molar-refractivity contribution in [2.24, 2.45) is 5.11 Å². The van der Waals surface area contributed by atoms with Crippen LogP contribution in [-0.4, -0.2) is 21.5 Å². The predicted molar refractivity (Wildman–Crippen MR) is 31.1 cm³/mol. The first-order chi connectivity index (χ1) is 3.27. The smallest absolute Gasteiger partial charge is 0.354 e. The molecule has 0 aliphatic heterocycles. The summed E-state index contributed by atoms with van der Waals surface area (Å²) in [6.45, 7) is 3.83. The van der Waals surface area contributed by atoms with Crippen molar-refractivity contribution in [1.82, 2.24) is 0 Å². The van der Waals surface area contributed by atoms with E-state index in [0.717, 1.165) is 0 Å². The summed E-state index contributed by atoms with van der Waals surface area (Å²) in [5.41, 5.74) is 0. The number of hydrogen-bond donors (Lipinski definition) is 0. The molecule has 3 nitrogen and oxygen atoms in total. The Bertz CT molecular complexity index is 86.9. The molecule has 0 saturated heterocycles. The molecule has 4 heteroatoms. The van der Waals surface area contributed by atoms with Gasteiger partial charge in [0.2, 0.25) is 0 Å². The van der Waals surface area contributed by atoms with Gasteiger partial charge in [-0.05, 0) is 0 Å². The minimum absolute atomic E-state index is 0.438. The van der Waals surface area contributed by atoms with Gasteiger partial charge in [-0.1, -0.05) is 11.2 Å². The van der Waals surface area contributed by atoms with Crippen molar-refractivity contribution >= 4 is 10.4 Å². The highest BCUT2D eigenvalue weighted by molar-refractivity contribution is 5.95. The van der Waals surface area contributed by atoms with Crippen molar-refractivity contribution in [3.8, 4) is 0 Å². The lowest BCUT2D eigenvalue weighted by Gasteiger charge is -1.88. The van der Waals surface area contributed by atoms with E-state index in [2.05, 4.69) is 11.7 Å². The van der Waals surface area contributed by atoms with Gasteiger partial charge in [-0.3, -0.25) is 0 Å². The molecular formula is C3H8N2OSi. The Hall–Kier alpha value is -0.643. The molecule has 0 aromatic carbocycles. The van der Waals surface area contributed by atoms with Gasteiger partial charge >= 0.3 is 10.4 Å². The van der Waals surface area contributed by atoms with Crippen molar-refractivity contribution < 1.29 is 4.53 Å². The molecule has 0 N–H and O–H groups in total. The van der Waals surface area contributed by atoms with E-state index in [1.807, 2.05) is 0 Å². The quantitative estimate of drug-likeness (QED) is 0.206. The van der Waals surface area contributed by atoms with Crippen molar-refractivity contribution in [3.05, 3.63) is 17.9 Å². The minimum atomic E-state index is 0.438.